The van der Waals surface area contributed by atoms with E-state index in [9.17, 15) is 0 Å². The first-order valence-electron chi connectivity index (χ1n) is 0.418. The minimum absolute atomic E-state index is 0. The van der Waals surface area contributed by atoms with Crippen LogP contribution < -0.4 is 0 Å². The van der Waals surface area contributed by atoms with Crippen molar-refractivity contribution in [2.45, 2.75) is 0 Å². The van der Waals surface area contributed by atoms with Gasteiger partial charge in [-0.2, -0.15) is 0 Å². The Kier molecular flexibility index (Phi) is 49.5. The van der Waals surface area contributed by atoms with E-state index in [0.29, 0.717) is 0 Å². The number of hydrogen-bond acceptors (Lipinski definition) is 2. The molecule has 0 heterocycles. The molecule has 0 bridgehead atoms. The molecule has 0 aliphatic carbocycles. The van der Waals surface area contributed by atoms with Crippen molar-refractivity contribution < 1.29 is 9.93 Å². The molecular weight excluding hydrogens is 143 g/mol. The van der Waals surface area contributed by atoms with Gasteiger partial charge in [-0.3, -0.25) is 0 Å². The van der Waals surface area contributed by atoms with Crippen molar-refractivity contribution in [2.75, 3.05) is 0 Å². The van der Waals surface area contributed by atoms with Crippen molar-refractivity contribution in [3.63, 3.8) is 0 Å². The van der Waals surface area contributed by atoms with E-state index in [1.807, 2.05) is 0 Å². The molecule has 1 unspecified atom stereocenters. The van der Waals surface area contributed by atoms with Crippen LogP contribution in [0, 0.1) is 0 Å². The maximum atomic E-state index is 7.03. The van der Waals surface area contributed by atoms with Crippen LogP contribution >= 0.6 is 9.47 Å². The molecule has 2 nitrogen and oxygen atoms in total. The summed E-state index contributed by atoms with van der Waals surface area (Å²) in [6.07, 6.45) is 0. The summed E-state index contributed by atoms with van der Waals surface area (Å²) in [6.45, 7) is 0. The Labute approximate surface area is 92.9 Å². The van der Waals surface area contributed by atoms with Gasteiger partial charge in [0, 0.05) is 9.47 Å². The maximum absolute atomic E-state index is 7.03. The second kappa shape index (κ2) is 15.8. The fourth-order valence-corrected chi connectivity index (χ4v) is 0. The zero-order valence-corrected chi connectivity index (χ0v) is 2.59. The standard InChI is InChI=1S/2Ca.H3O2P.4H/c;;1-2-3;;;;/h;;1H,3H2;;;;. The van der Waals surface area contributed by atoms with Gasteiger partial charge in [0.1, 0.15) is 0 Å². The molecule has 0 saturated heterocycles. The Morgan fingerprint density at radius 3 is 1.40 bits per heavy atom. The molecule has 0 saturated carbocycles. The van der Waals surface area contributed by atoms with Crippen molar-refractivity contribution in [2.24, 2.45) is 0 Å². The molecule has 0 radical (unpaired) electrons. The summed E-state index contributed by atoms with van der Waals surface area (Å²) in [4.78, 5) is 0. The number of hydrogen-bond donors (Lipinski definition) is 1. The second-order valence-electron chi connectivity index (χ2n) is 0.105. The van der Waals surface area contributed by atoms with E-state index < -0.39 is 0 Å². The molecule has 0 spiro atoms. The van der Waals surface area contributed by atoms with Crippen LogP contribution in [0.25, 0.3) is 0 Å². The fraction of sp³-hybridized carbons (Fsp3) is 0. The Morgan fingerprint density at radius 1 is 1.40 bits per heavy atom. The van der Waals surface area contributed by atoms with Gasteiger partial charge in [-0.15, -0.1) is 0 Å². The Hall–Kier alpha value is 2.87. The van der Waals surface area contributed by atoms with Crippen LogP contribution in [-0.4, -0.2) is 80.7 Å². The van der Waals surface area contributed by atoms with Crippen molar-refractivity contribution >= 4 is 84.9 Å². The van der Waals surface area contributed by atoms with Gasteiger partial charge in [0.15, 0.2) is 0 Å². The number of rotatable bonds is 0. The molecule has 0 aromatic carbocycles. The van der Waals surface area contributed by atoms with Gasteiger partial charge in [-0.05, 0) is 0 Å². The van der Waals surface area contributed by atoms with Crippen molar-refractivity contribution in [1.29, 1.82) is 0 Å². The summed E-state index contributed by atoms with van der Waals surface area (Å²) < 4.78 is 3.17. The molecule has 0 amide bonds. The van der Waals surface area contributed by atoms with E-state index in [1.165, 1.54) is 0 Å². The molecule has 0 aromatic rings. The molecular formula is H7Ca2O2P. The third-order valence-electron chi connectivity index (χ3n) is 0. The van der Waals surface area contributed by atoms with Crippen molar-refractivity contribution in [3.8, 4) is 0 Å². The first-order valence-corrected chi connectivity index (χ1v) is 0.890. The Bertz CT molecular complexity index is 7.61. The molecule has 0 aliphatic rings. The molecule has 1 N–H and O–H groups in total. The molecule has 0 rings (SSSR count). The zero-order chi connectivity index (χ0) is 2.71. The van der Waals surface area contributed by atoms with E-state index in [1.54, 1.807) is 9.47 Å². The summed E-state index contributed by atoms with van der Waals surface area (Å²) in [5.41, 5.74) is 0. The molecule has 0 fully saturated rings. The quantitative estimate of drug-likeness (QED) is 0.196. The first-order chi connectivity index (χ1) is 1.41. The molecule has 1 atom stereocenters. The average molecular weight is 150 g/mol. The zero-order valence-electron chi connectivity index (χ0n) is 1.43. The second-order valence-corrected chi connectivity index (χ2v) is 0.316. The van der Waals surface area contributed by atoms with Gasteiger partial charge in [-0.25, -0.2) is 9.93 Å². The predicted octanol–water partition coefficient (Wildman–Crippen LogP) is -1.57. The van der Waals surface area contributed by atoms with Crippen LogP contribution in [0.3, 0.4) is 0 Å². The van der Waals surface area contributed by atoms with Crippen molar-refractivity contribution in [3.05, 3.63) is 0 Å². The van der Waals surface area contributed by atoms with E-state index in [4.69, 9.17) is 5.26 Å². The van der Waals surface area contributed by atoms with Gasteiger partial charge in [0.2, 0.25) is 0 Å². The first kappa shape index (κ1) is 15.7. The fourth-order valence-electron chi connectivity index (χ4n) is 0. The van der Waals surface area contributed by atoms with E-state index >= 15 is 0 Å². The van der Waals surface area contributed by atoms with Crippen molar-refractivity contribution in [1.82, 2.24) is 0 Å². The minimum atomic E-state index is 0. The summed E-state index contributed by atoms with van der Waals surface area (Å²) in [7, 11) is 1.63. The monoisotopic (exact) mass is 150 g/mol. The van der Waals surface area contributed by atoms with Crippen LogP contribution in [0.15, 0.2) is 0 Å². The molecule has 5 heavy (non-hydrogen) atoms. The van der Waals surface area contributed by atoms with Crippen LogP contribution in [-0.2, 0) is 4.67 Å². The SMILES string of the molecule is OOP.[CaH2].[CaH2]. The van der Waals surface area contributed by atoms with Crippen LogP contribution in [0.5, 0.6) is 0 Å². The van der Waals surface area contributed by atoms with Crippen LogP contribution in [0.2, 0.25) is 0 Å². The third kappa shape index (κ3) is 19.8. The van der Waals surface area contributed by atoms with E-state index in [0.717, 1.165) is 0 Å². The summed E-state index contributed by atoms with van der Waals surface area (Å²) >= 11 is 0. The van der Waals surface area contributed by atoms with Gasteiger partial charge >= 0.3 is 75.5 Å². The molecule has 0 aromatic heterocycles. The normalized spacial score (nSPS) is 3.60. The van der Waals surface area contributed by atoms with E-state index in [2.05, 4.69) is 4.67 Å². The summed E-state index contributed by atoms with van der Waals surface area (Å²) in [5.74, 6) is 0. The van der Waals surface area contributed by atoms with E-state index in [-0.39, 0.29) is 75.5 Å². The average Bonchev–Trinajstić information content (AvgIpc) is 0.918. The molecule has 0 aliphatic heterocycles. The molecule has 28 valence electrons. The topological polar surface area (TPSA) is 29.5 Å². The third-order valence-corrected chi connectivity index (χ3v) is 0. The van der Waals surface area contributed by atoms with Gasteiger partial charge in [0.05, 0.1) is 0 Å². The van der Waals surface area contributed by atoms with Crippen LogP contribution in [0.4, 0.5) is 0 Å². The predicted molar refractivity (Wildman–Crippen MR) is 30.5 cm³/mol. The summed E-state index contributed by atoms with van der Waals surface area (Å²) in [6, 6.07) is 0. The Balaban J connectivity index is -0.0000000200. The summed E-state index contributed by atoms with van der Waals surface area (Å²) in [5, 5.41) is 7.03. The Morgan fingerprint density at radius 2 is 1.40 bits per heavy atom. The van der Waals surface area contributed by atoms with Gasteiger partial charge in [0.25, 0.3) is 0 Å². The van der Waals surface area contributed by atoms with Gasteiger partial charge in [-0.1, -0.05) is 0 Å². The van der Waals surface area contributed by atoms with Gasteiger partial charge < -0.3 is 0 Å². The molecule has 5 heteroatoms. The van der Waals surface area contributed by atoms with Crippen LogP contribution in [0.1, 0.15) is 0 Å².